The number of nitrogens with zero attached hydrogens (tertiary/aromatic N) is 2. The quantitative estimate of drug-likeness (QED) is 0.750. The molecule has 1 saturated heterocycles. The molecule has 6 heteroatoms. The summed E-state index contributed by atoms with van der Waals surface area (Å²) in [6.07, 6.45) is 4.79. The van der Waals surface area contributed by atoms with E-state index in [2.05, 4.69) is 10.3 Å². The Labute approximate surface area is 125 Å². The van der Waals surface area contributed by atoms with Crippen molar-refractivity contribution in [1.82, 2.24) is 15.2 Å². The number of amides is 1. The molecule has 0 saturated carbocycles. The van der Waals surface area contributed by atoms with Crippen molar-refractivity contribution in [2.24, 2.45) is 0 Å². The highest BCUT2D eigenvalue weighted by Gasteiger charge is 2.41. The van der Waals surface area contributed by atoms with Gasteiger partial charge in [-0.3, -0.25) is 9.78 Å². The summed E-state index contributed by atoms with van der Waals surface area (Å²) in [6.45, 7) is 2.55. The molecular weight excluding hydrogens is 270 g/mol. The Kier molecular flexibility index (Phi) is 5.67. The van der Waals surface area contributed by atoms with Crippen LogP contribution in [0, 0.1) is 0 Å². The molecule has 6 nitrogen and oxygen atoms in total. The number of aromatic nitrogens is 1. The van der Waals surface area contributed by atoms with Gasteiger partial charge in [-0.1, -0.05) is 6.07 Å². The lowest BCUT2D eigenvalue weighted by Gasteiger charge is -2.38. The third-order valence-electron chi connectivity index (χ3n) is 3.74. The summed E-state index contributed by atoms with van der Waals surface area (Å²) in [5.41, 5.74) is -0.283. The van der Waals surface area contributed by atoms with Gasteiger partial charge in [-0.25, -0.2) is 0 Å². The Balaban J connectivity index is 1.86. The van der Waals surface area contributed by atoms with E-state index in [-0.39, 0.29) is 12.5 Å². The number of carbonyl (C=O) groups excluding carboxylic acids is 1. The van der Waals surface area contributed by atoms with Gasteiger partial charge in [0.2, 0.25) is 0 Å². The fourth-order valence-corrected chi connectivity index (χ4v) is 2.56. The van der Waals surface area contributed by atoms with Crippen molar-refractivity contribution in [1.29, 1.82) is 0 Å². The van der Waals surface area contributed by atoms with Gasteiger partial charge in [0, 0.05) is 45.7 Å². The van der Waals surface area contributed by atoms with Crippen LogP contribution < -0.4 is 5.32 Å². The molecule has 2 rings (SSSR count). The van der Waals surface area contributed by atoms with Crippen LogP contribution in [0.3, 0.4) is 0 Å². The molecule has 0 spiro atoms. The number of methoxy groups -OCH3 is 1. The Bertz CT molecular complexity index is 455. The summed E-state index contributed by atoms with van der Waals surface area (Å²) in [4.78, 5) is 18.1. The minimum absolute atomic E-state index is 0.204. The van der Waals surface area contributed by atoms with Crippen LogP contribution in [-0.2, 0) is 16.1 Å². The number of aliphatic hydroxyl groups is 1. The number of piperidine rings is 1. The standard InChI is InChI=1S/C15H23N3O3/c1-21-9-8-18-7-3-5-15(20,14(18)19)12-17-11-13-4-2-6-16-10-13/h2,4,6,10,17,20H,3,5,7-9,11-12H2,1H3. The maximum Gasteiger partial charge on any atom is 0.255 e. The highest BCUT2D eigenvalue weighted by Crippen LogP contribution is 2.22. The van der Waals surface area contributed by atoms with Crippen molar-refractivity contribution in [3.63, 3.8) is 0 Å². The lowest BCUT2D eigenvalue weighted by atomic mass is 9.91. The lowest BCUT2D eigenvalue weighted by molar-refractivity contribution is -0.157. The summed E-state index contributed by atoms with van der Waals surface area (Å²) >= 11 is 0. The molecule has 1 aliphatic heterocycles. The summed E-state index contributed by atoms with van der Waals surface area (Å²) in [5, 5.41) is 13.7. The van der Waals surface area contributed by atoms with E-state index >= 15 is 0 Å². The monoisotopic (exact) mass is 293 g/mol. The molecule has 0 aromatic carbocycles. The Morgan fingerprint density at radius 2 is 2.43 bits per heavy atom. The Morgan fingerprint density at radius 3 is 3.14 bits per heavy atom. The molecule has 1 atom stereocenters. The molecule has 1 fully saturated rings. The zero-order valence-corrected chi connectivity index (χ0v) is 12.4. The van der Waals surface area contributed by atoms with Crippen molar-refractivity contribution in [2.45, 2.75) is 25.0 Å². The molecule has 21 heavy (non-hydrogen) atoms. The van der Waals surface area contributed by atoms with Crippen molar-refractivity contribution in [3.8, 4) is 0 Å². The second kappa shape index (κ2) is 7.49. The average molecular weight is 293 g/mol. The topological polar surface area (TPSA) is 74.7 Å². The molecule has 2 N–H and O–H groups in total. The molecule has 0 bridgehead atoms. The van der Waals surface area contributed by atoms with Crippen LogP contribution in [-0.4, -0.2) is 59.8 Å². The average Bonchev–Trinajstić information content (AvgIpc) is 2.50. The van der Waals surface area contributed by atoms with E-state index in [1.165, 1.54) is 0 Å². The normalized spacial score (nSPS) is 22.6. The second-order valence-corrected chi connectivity index (χ2v) is 5.38. The lowest BCUT2D eigenvalue weighted by Crippen LogP contribution is -2.58. The third kappa shape index (κ3) is 4.23. The number of likely N-dealkylation sites (tertiary alicyclic amines) is 1. The van der Waals surface area contributed by atoms with Crippen LogP contribution in [0.1, 0.15) is 18.4 Å². The fourth-order valence-electron chi connectivity index (χ4n) is 2.56. The van der Waals surface area contributed by atoms with Gasteiger partial charge in [-0.05, 0) is 24.5 Å². The first kappa shape index (κ1) is 15.9. The zero-order chi connectivity index (χ0) is 15.1. The van der Waals surface area contributed by atoms with Crippen LogP contribution in [0.15, 0.2) is 24.5 Å². The van der Waals surface area contributed by atoms with Crippen LogP contribution in [0.5, 0.6) is 0 Å². The molecule has 1 unspecified atom stereocenters. The van der Waals surface area contributed by atoms with Crippen molar-refractivity contribution >= 4 is 5.91 Å². The van der Waals surface area contributed by atoms with Gasteiger partial charge < -0.3 is 20.1 Å². The molecule has 2 heterocycles. The minimum atomic E-state index is -1.31. The van der Waals surface area contributed by atoms with Gasteiger partial charge in [-0.2, -0.15) is 0 Å². The molecule has 1 aromatic heterocycles. The van der Waals surface area contributed by atoms with Crippen LogP contribution in [0.2, 0.25) is 0 Å². The van der Waals surface area contributed by atoms with Gasteiger partial charge >= 0.3 is 0 Å². The van der Waals surface area contributed by atoms with E-state index in [1.54, 1.807) is 24.4 Å². The predicted molar refractivity (Wildman–Crippen MR) is 78.6 cm³/mol. The second-order valence-electron chi connectivity index (χ2n) is 5.38. The first-order chi connectivity index (χ1) is 10.2. The number of ether oxygens (including phenoxy) is 1. The first-order valence-electron chi connectivity index (χ1n) is 7.26. The van der Waals surface area contributed by atoms with E-state index in [1.807, 2.05) is 12.1 Å². The third-order valence-corrected chi connectivity index (χ3v) is 3.74. The van der Waals surface area contributed by atoms with E-state index in [4.69, 9.17) is 4.74 Å². The maximum absolute atomic E-state index is 12.4. The SMILES string of the molecule is COCCN1CCCC(O)(CNCc2cccnc2)C1=O. The van der Waals surface area contributed by atoms with Crippen molar-refractivity contribution < 1.29 is 14.6 Å². The molecule has 0 aliphatic carbocycles. The number of nitrogens with one attached hydrogen (secondary N) is 1. The van der Waals surface area contributed by atoms with Crippen molar-refractivity contribution in [3.05, 3.63) is 30.1 Å². The molecule has 0 radical (unpaired) electrons. The maximum atomic E-state index is 12.4. The van der Waals surface area contributed by atoms with Gasteiger partial charge in [0.15, 0.2) is 5.60 Å². The van der Waals surface area contributed by atoms with E-state index < -0.39 is 5.60 Å². The minimum Gasteiger partial charge on any atom is -0.383 e. The zero-order valence-electron chi connectivity index (χ0n) is 12.4. The first-order valence-corrected chi connectivity index (χ1v) is 7.26. The van der Waals surface area contributed by atoms with Gasteiger partial charge in [-0.15, -0.1) is 0 Å². The summed E-state index contributed by atoms with van der Waals surface area (Å²) in [5.74, 6) is -0.204. The number of hydrogen-bond acceptors (Lipinski definition) is 5. The van der Waals surface area contributed by atoms with E-state index in [0.717, 1.165) is 12.0 Å². The highest BCUT2D eigenvalue weighted by atomic mass is 16.5. The summed E-state index contributed by atoms with van der Waals surface area (Å²) in [7, 11) is 1.61. The summed E-state index contributed by atoms with van der Waals surface area (Å²) < 4.78 is 5.00. The Morgan fingerprint density at radius 1 is 1.57 bits per heavy atom. The number of pyridine rings is 1. The fraction of sp³-hybridized carbons (Fsp3) is 0.600. The van der Waals surface area contributed by atoms with Gasteiger partial charge in [0.05, 0.1) is 6.61 Å². The van der Waals surface area contributed by atoms with Crippen LogP contribution >= 0.6 is 0 Å². The Hall–Kier alpha value is -1.50. The predicted octanol–water partition coefficient (Wildman–Crippen LogP) is 0.171. The van der Waals surface area contributed by atoms with Gasteiger partial charge in [0.25, 0.3) is 5.91 Å². The highest BCUT2D eigenvalue weighted by molar-refractivity contribution is 5.86. The van der Waals surface area contributed by atoms with Crippen LogP contribution in [0.4, 0.5) is 0 Å². The molecule has 116 valence electrons. The number of carbonyl (C=O) groups is 1. The molecular formula is C15H23N3O3. The van der Waals surface area contributed by atoms with Gasteiger partial charge in [0.1, 0.15) is 0 Å². The van der Waals surface area contributed by atoms with Crippen molar-refractivity contribution in [2.75, 3.05) is 33.4 Å². The number of hydrogen-bond donors (Lipinski definition) is 2. The molecule has 1 aromatic rings. The smallest absolute Gasteiger partial charge is 0.255 e. The number of rotatable bonds is 7. The largest absolute Gasteiger partial charge is 0.383 e. The molecule has 1 amide bonds. The van der Waals surface area contributed by atoms with E-state index in [9.17, 15) is 9.90 Å². The van der Waals surface area contributed by atoms with Crippen LogP contribution in [0.25, 0.3) is 0 Å². The summed E-state index contributed by atoms with van der Waals surface area (Å²) in [6, 6.07) is 3.82. The molecule has 1 aliphatic rings. The van der Waals surface area contributed by atoms with E-state index in [0.29, 0.717) is 32.7 Å².